The Bertz CT molecular complexity index is 476. The highest BCUT2D eigenvalue weighted by atomic mass is 32.2. The topological polar surface area (TPSA) is 79.7 Å². The quantitative estimate of drug-likeness (QED) is 0.752. The van der Waals surface area contributed by atoms with E-state index in [1.807, 2.05) is 20.8 Å². The average molecular weight is 299 g/mol. The predicted molar refractivity (Wildman–Crippen MR) is 78.5 cm³/mol. The molecule has 0 saturated carbocycles. The van der Waals surface area contributed by atoms with Gasteiger partial charge in [0.15, 0.2) is 0 Å². The molecule has 5 nitrogen and oxygen atoms in total. The number of aromatic carboxylic acids is 1. The molecule has 1 rings (SSSR count). The monoisotopic (exact) mass is 299 g/mol. The van der Waals surface area contributed by atoms with Crippen LogP contribution in [0.2, 0.25) is 0 Å². The van der Waals surface area contributed by atoms with Crippen LogP contribution in [0.25, 0.3) is 0 Å². The minimum absolute atomic E-state index is 0.0589. The van der Waals surface area contributed by atoms with Crippen molar-refractivity contribution in [2.75, 3.05) is 12.4 Å². The lowest BCUT2D eigenvalue weighted by Gasteiger charge is -2.14. The van der Waals surface area contributed by atoms with Crippen molar-refractivity contribution in [3.8, 4) is 0 Å². The Morgan fingerprint density at radius 2 is 2.10 bits per heavy atom. The van der Waals surface area contributed by atoms with Crippen molar-refractivity contribution in [2.24, 2.45) is 0 Å². The first kappa shape index (κ1) is 16.9. The predicted octanol–water partition coefficient (Wildman–Crippen LogP) is 2.27. The Morgan fingerprint density at radius 1 is 1.45 bits per heavy atom. The molecule has 0 fully saturated rings. The lowest BCUT2D eigenvalue weighted by Crippen LogP contribution is -2.21. The van der Waals surface area contributed by atoms with E-state index in [0.717, 1.165) is 5.69 Å². The maximum atomic E-state index is 11.3. The summed E-state index contributed by atoms with van der Waals surface area (Å²) < 4.78 is 5.32. The zero-order valence-electron chi connectivity index (χ0n) is 12.2. The Labute approximate surface area is 123 Å². The van der Waals surface area contributed by atoms with E-state index < -0.39 is 12.1 Å². The highest BCUT2D eigenvalue weighted by Crippen LogP contribution is 2.25. The summed E-state index contributed by atoms with van der Waals surface area (Å²) in [6.07, 6.45) is -0.588. The maximum Gasteiger partial charge on any atom is 0.338 e. The van der Waals surface area contributed by atoms with E-state index in [1.165, 1.54) is 11.8 Å². The second kappa shape index (κ2) is 7.61. The third-order valence-electron chi connectivity index (χ3n) is 2.56. The van der Waals surface area contributed by atoms with Crippen LogP contribution in [0.3, 0.4) is 0 Å². The van der Waals surface area contributed by atoms with E-state index >= 15 is 0 Å². The van der Waals surface area contributed by atoms with Crippen LogP contribution in [-0.4, -0.2) is 45.7 Å². The molecule has 1 heterocycles. The van der Waals surface area contributed by atoms with Gasteiger partial charge in [0.25, 0.3) is 0 Å². The van der Waals surface area contributed by atoms with Gasteiger partial charge >= 0.3 is 5.97 Å². The number of nitrogens with zero attached hydrogens (tertiary/aromatic N) is 1. The normalized spacial score (nSPS) is 12.7. The molecule has 0 radical (unpaired) electrons. The third kappa shape index (κ3) is 5.11. The van der Waals surface area contributed by atoms with Gasteiger partial charge in [0.1, 0.15) is 5.03 Å². The van der Waals surface area contributed by atoms with E-state index in [1.54, 1.807) is 13.0 Å². The van der Waals surface area contributed by atoms with Gasteiger partial charge in [0.2, 0.25) is 0 Å². The number of carboxylic acid groups (broad SMARTS) is 1. The first-order valence-corrected chi connectivity index (χ1v) is 7.43. The molecule has 1 unspecified atom stereocenters. The maximum absolute atomic E-state index is 11.3. The van der Waals surface area contributed by atoms with Gasteiger partial charge in [-0.05, 0) is 39.3 Å². The van der Waals surface area contributed by atoms with E-state index in [2.05, 4.69) is 4.98 Å². The summed E-state index contributed by atoms with van der Waals surface area (Å²) in [5, 5.41) is 19.5. The molecule has 0 spiro atoms. The number of aliphatic hydroxyl groups is 1. The van der Waals surface area contributed by atoms with Crippen molar-refractivity contribution in [3.63, 3.8) is 0 Å². The molecule has 112 valence electrons. The summed E-state index contributed by atoms with van der Waals surface area (Å²) >= 11 is 1.24. The SMILES string of the molecule is Cc1cc(C)c(C(=O)O)c(SCC(O)COC(C)C)n1. The van der Waals surface area contributed by atoms with Crippen molar-refractivity contribution < 1.29 is 19.7 Å². The molecule has 0 saturated heterocycles. The molecular weight excluding hydrogens is 278 g/mol. The fourth-order valence-electron chi connectivity index (χ4n) is 1.69. The van der Waals surface area contributed by atoms with Crippen LogP contribution >= 0.6 is 11.8 Å². The molecule has 0 aromatic carbocycles. The van der Waals surface area contributed by atoms with Crippen LogP contribution in [0.5, 0.6) is 0 Å². The standard InChI is InChI=1S/C14H21NO4S/c1-8(2)19-6-11(16)7-20-13-12(14(17)18)9(3)5-10(4)15-13/h5,8,11,16H,6-7H2,1-4H3,(H,17,18). The van der Waals surface area contributed by atoms with Gasteiger partial charge in [-0.25, -0.2) is 9.78 Å². The molecule has 0 amide bonds. The number of carbonyl (C=O) groups is 1. The van der Waals surface area contributed by atoms with E-state index in [-0.39, 0.29) is 18.3 Å². The molecular formula is C14H21NO4S. The fraction of sp³-hybridized carbons (Fsp3) is 0.571. The molecule has 0 aliphatic rings. The number of aromatic nitrogens is 1. The molecule has 1 aromatic rings. The van der Waals surface area contributed by atoms with Crippen molar-refractivity contribution in [1.82, 2.24) is 4.98 Å². The second-order valence-corrected chi connectivity index (χ2v) is 5.92. The number of aliphatic hydroxyl groups excluding tert-OH is 1. The summed E-state index contributed by atoms with van der Waals surface area (Å²) in [5.41, 5.74) is 1.65. The lowest BCUT2D eigenvalue weighted by atomic mass is 10.1. The van der Waals surface area contributed by atoms with E-state index in [0.29, 0.717) is 16.3 Å². The van der Waals surface area contributed by atoms with Gasteiger partial charge in [-0.2, -0.15) is 0 Å². The molecule has 0 aliphatic heterocycles. The lowest BCUT2D eigenvalue weighted by molar-refractivity contribution is 0.0152. The highest BCUT2D eigenvalue weighted by molar-refractivity contribution is 7.99. The third-order valence-corrected chi connectivity index (χ3v) is 3.68. The van der Waals surface area contributed by atoms with Crippen molar-refractivity contribution in [2.45, 2.75) is 44.9 Å². The first-order valence-electron chi connectivity index (χ1n) is 6.45. The number of ether oxygens (including phenoxy) is 1. The summed E-state index contributed by atoms with van der Waals surface area (Å²) in [4.78, 5) is 15.5. The number of carboxylic acids is 1. The van der Waals surface area contributed by atoms with Crippen LogP contribution in [0, 0.1) is 13.8 Å². The Kier molecular flexibility index (Phi) is 6.45. The number of thioether (sulfide) groups is 1. The summed E-state index contributed by atoms with van der Waals surface area (Å²) in [7, 11) is 0. The molecule has 0 bridgehead atoms. The fourth-order valence-corrected chi connectivity index (χ4v) is 2.74. The van der Waals surface area contributed by atoms with Crippen LogP contribution in [0.1, 0.15) is 35.5 Å². The van der Waals surface area contributed by atoms with Crippen molar-refractivity contribution in [1.29, 1.82) is 0 Å². The van der Waals surface area contributed by atoms with E-state index in [9.17, 15) is 15.0 Å². The minimum Gasteiger partial charge on any atom is -0.478 e. The van der Waals surface area contributed by atoms with Crippen LogP contribution in [-0.2, 0) is 4.74 Å². The molecule has 0 aliphatic carbocycles. The number of rotatable bonds is 7. The number of hydrogen-bond acceptors (Lipinski definition) is 5. The summed E-state index contributed by atoms with van der Waals surface area (Å²) in [5.74, 6) is -0.645. The van der Waals surface area contributed by atoms with Gasteiger partial charge < -0.3 is 14.9 Å². The molecule has 20 heavy (non-hydrogen) atoms. The number of aryl methyl sites for hydroxylation is 2. The largest absolute Gasteiger partial charge is 0.478 e. The smallest absolute Gasteiger partial charge is 0.338 e. The summed E-state index contributed by atoms with van der Waals surface area (Å²) in [6, 6.07) is 1.74. The molecule has 2 N–H and O–H groups in total. The van der Waals surface area contributed by atoms with E-state index in [4.69, 9.17) is 4.74 Å². The Balaban J connectivity index is 2.74. The highest BCUT2D eigenvalue weighted by Gasteiger charge is 2.17. The van der Waals surface area contributed by atoms with Gasteiger partial charge in [-0.1, -0.05) is 0 Å². The van der Waals surface area contributed by atoms with Crippen molar-refractivity contribution >= 4 is 17.7 Å². The van der Waals surface area contributed by atoms with Crippen LogP contribution < -0.4 is 0 Å². The molecule has 6 heteroatoms. The zero-order valence-corrected chi connectivity index (χ0v) is 13.0. The Morgan fingerprint density at radius 3 is 2.65 bits per heavy atom. The molecule has 1 aromatic heterocycles. The van der Waals surface area contributed by atoms with Crippen molar-refractivity contribution in [3.05, 3.63) is 22.9 Å². The zero-order chi connectivity index (χ0) is 15.3. The first-order chi connectivity index (χ1) is 9.31. The minimum atomic E-state index is -0.995. The van der Waals surface area contributed by atoms with Gasteiger partial charge in [0.05, 0.1) is 24.4 Å². The molecule has 1 atom stereocenters. The average Bonchev–Trinajstić information content (AvgIpc) is 2.32. The van der Waals surface area contributed by atoms with Gasteiger partial charge in [-0.3, -0.25) is 0 Å². The van der Waals surface area contributed by atoms with Crippen LogP contribution in [0.4, 0.5) is 0 Å². The second-order valence-electron chi connectivity index (χ2n) is 4.91. The number of hydrogen-bond donors (Lipinski definition) is 2. The number of pyridine rings is 1. The van der Waals surface area contributed by atoms with Crippen LogP contribution in [0.15, 0.2) is 11.1 Å². The van der Waals surface area contributed by atoms with Gasteiger partial charge in [0, 0.05) is 11.4 Å². The Hall–Kier alpha value is -1.11. The van der Waals surface area contributed by atoms with Gasteiger partial charge in [-0.15, -0.1) is 11.8 Å². The summed E-state index contributed by atoms with van der Waals surface area (Å²) in [6.45, 7) is 7.60.